The second kappa shape index (κ2) is 6.64. The van der Waals surface area contributed by atoms with E-state index in [1.54, 1.807) is 0 Å². The van der Waals surface area contributed by atoms with Gasteiger partial charge >= 0.3 is 0 Å². The van der Waals surface area contributed by atoms with Gasteiger partial charge in [-0.15, -0.1) is 11.6 Å². The molecule has 1 fully saturated rings. The summed E-state index contributed by atoms with van der Waals surface area (Å²) in [5.41, 5.74) is 1.58. The van der Waals surface area contributed by atoms with Crippen LogP contribution in [-0.4, -0.2) is 15.4 Å². The summed E-state index contributed by atoms with van der Waals surface area (Å²) in [6, 6.07) is 8.26. The predicted octanol–water partition coefficient (Wildman–Crippen LogP) is 5.05. The lowest BCUT2D eigenvalue weighted by Gasteiger charge is -2.33. The molecule has 2 nitrogen and oxygen atoms in total. The average Bonchev–Trinajstić information content (AvgIpc) is 3.13. The van der Waals surface area contributed by atoms with Crippen molar-refractivity contribution in [2.24, 2.45) is 17.3 Å². The number of aromatic nitrogens is 2. The van der Waals surface area contributed by atoms with Crippen LogP contribution in [0.15, 0.2) is 43.0 Å². The summed E-state index contributed by atoms with van der Waals surface area (Å²) in [7, 11) is 0. The van der Waals surface area contributed by atoms with Gasteiger partial charge in [0.2, 0.25) is 0 Å². The number of hydrogen-bond acceptors (Lipinski definition) is 1. The molecule has 3 rings (SSSR count). The van der Waals surface area contributed by atoms with Crippen LogP contribution in [-0.2, 0) is 13.0 Å². The second-order valence-electron chi connectivity index (χ2n) is 6.78. The van der Waals surface area contributed by atoms with Gasteiger partial charge in [0, 0.05) is 29.8 Å². The van der Waals surface area contributed by atoms with Gasteiger partial charge in [0.1, 0.15) is 0 Å². The summed E-state index contributed by atoms with van der Waals surface area (Å²) in [4.78, 5) is 4.17. The van der Waals surface area contributed by atoms with E-state index in [0.29, 0.717) is 11.8 Å². The first-order valence-electron chi connectivity index (χ1n) is 7.87. The average molecular weight is 337 g/mol. The minimum atomic E-state index is 0.211. The number of hydrogen-bond donors (Lipinski definition) is 0. The van der Waals surface area contributed by atoms with Crippen LogP contribution in [0.25, 0.3) is 0 Å². The van der Waals surface area contributed by atoms with E-state index in [2.05, 4.69) is 28.6 Å². The molecule has 0 bridgehead atoms. The molecule has 0 aliphatic heterocycles. The maximum Gasteiger partial charge on any atom is 0.0946 e. The quantitative estimate of drug-likeness (QED) is 0.698. The summed E-state index contributed by atoms with van der Waals surface area (Å²) in [5, 5.41) is 0.802. The number of halogens is 2. The van der Waals surface area contributed by atoms with Crippen LogP contribution >= 0.6 is 23.2 Å². The molecule has 3 atom stereocenters. The molecule has 1 aromatic carbocycles. The molecule has 1 heterocycles. The number of rotatable bonds is 5. The Kier molecular flexibility index (Phi) is 4.79. The normalized spacial score (nSPS) is 28.1. The van der Waals surface area contributed by atoms with E-state index in [4.69, 9.17) is 23.2 Å². The third-order valence-electron chi connectivity index (χ3n) is 5.23. The molecular formula is C18H22Cl2N2. The van der Waals surface area contributed by atoms with Crippen molar-refractivity contribution in [3.05, 3.63) is 53.6 Å². The number of imidazole rings is 1. The predicted molar refractivity (Wildman–Crippen MR) is 92.4 cm³/mol. The van der Waals surface area contributed by atoms with Gasteiger partial charge in [-0.25, -0.2) is 4.98 Å². The van der Waals surface area contributed by atoms with E-state index in [1.165, 1.54) is 18.4 Å². The zero-order valence-corrected chi connectivity index (χ0v) is 14.4. The van der Waals surface area contributed by atoms with Crippen molar-refractivity contribution >= 4 is 23.2 Å². The monoisotopic (exact) mass is 336 g/mol. The van der Waals surface area contributed by atoms with Gasteiger partial charge in [-0.05, 0) is 54.2 Å². The molecule has 4 heteroatoms. The fourth-order valence-corrected chi connectivity index (χ4v) is 4.25. The first kappa shape index (κ1) is 15.9. The number of nitrogens with zero attached hydrogens (tertiary/aromatic N) is 2. The van der Waals surface area contributed by atoms with Crippen LogP contribution in [0.5, 0.6) is 0 Å². The minimum absolute atomic E-state index is 0.211. The molecule has 0 spiro atoms. The second-order valence-corrected chi connectivity index (χ2v) is 7.49. The summed E-state index contributed by atoms with van der Waals surface area (Å²) in [5.74, 6) is 1.96. The molecule has 0 amide bonds. The summed E-state index contributed by atoms with van der Waals surface area (Å²) >= 11 is 12.3. The van der Waals surface area contributed by atoms with Gasteiger partial charge in [0.15, 0.2) is 0 Å². The molecular weight excluding hydrogens is 315 g/mol. The molecule has 2 aromatic rings. The van der Waals surface area contributed by atoms with Crippen molar-refractivity contribution in [3.8, 4) is 0 Å². The molecule has 0 saturated heterocycles. The standard InChI is InChI=1S/C18H22Cl2N2/c1-18(12-19)7-6-15(10-14-2-4-16(20)5-3-14)17(18)11-22-9-8-21-13-22/h2-5,8-9,13,15,17H,6-7,10-12H2,1H3. The Morgan fingerprint density at radius 2 is 2.09 bits per heavy atom. The largest absolute Gasteiger partial charge is 0.337 e. The smallest absolute Gasteiger partial charge is 0.0946 e. The third kappa shape index (κ3) is 3.33. The maximum atomic E-state index is 6.33. The fraction of sp³-hybridized carbons (Fsp3) is 0.500. The number of benzene rings is 1. The highest BCUT2D eigenvalue weighted by Gasteiger charge is 2.44. The van der Waals surface area contributed by atoms with Crippen LogP contribution in [0, 0.1) is 17.3 Å². The first-order valence-corrected chi connectivity index (χ1v) is 8.78. The van der Waals surface area contributed by atoms with Gasteiger partial charge in [0.05, 0.1) is 6.33 Å². The van der Waals surface area contributed by atoms with Crippen LogP contribution in [0.2, 0.25) is 5.02 Å². The van der Waals surface area contributed by atoms with Gasteiger partial charge < -0.3 is 4.57 Å². The molecule has 0 radical (unpaired) electrons. The zero-order valence-electron chi connectivity index (χ0n) is 12.9. The first-order chi connectivity index (χ1) is 10.6. The van der Waals surface area contributed by atoms with E-state index in [0.717, 1.165) is 23.9 Å². The fourth-order valence-electron chi connectivity index (χ4n) is 3.80. The lowest BCUT2D eigenvalue weighted by atomic mass is 9.76. The lowest BCUT2D eigenvalue weighted by Crippen LogP contribution is -2.31. The van der Waals surface area contributed by atoms with E-state index in [1.807, 2.05) is 30.9 Å². The topological polar surface area (TPSA) is 17.8 Å². The Morgan fingerprint density at radius 1 is 1.32 bits per heavy atom. The van der Waals surface area contributed by atoms with Crippen molar-refractivity contribution in [2.45, 2.75) is 32.7 Å². The van der Waals surface area contributed by atoms with Crippen LogP contribution < -0.4 is 0 Å². The van der Waals surface area contributed by atoms with Gasteiger partial charge in [-0.2, -0.15) is 0 Å². The van der Waals surface area contributed by atoms with E-state index in [9.17, 15) is 0 Å². The molecule has 3 unspecified atom stereocenters. The zero-order chi connectivity index (χ0) is 15.6. The lowest BCUT2D eigenvalue weighted by molar-refractivity contribution is 0.193. The highest BCUT2D eigenvalue weighted by molar-refractivity contribution is 6.30. The molecule has 118 valence electrons. The highest BCUT2D eigenvalue weighted by atomic mass is 35.5. The number of alkyl halides is 1. The highest BCUT2D eigenvalue weighted by Crippen LogP contribution is 2.49. The molecule has 0 N–H and O–H groups in total. The van der Waals surface area contributed by atoms with Crippen molar-refractivity contribution in [2.75, 3.05) is 5.88 Å². The summed E-state index contributed by atoms with van der Waals surface area (Å²) in [6.07, 6.45) is 9.35. The molecule has 22 heavy (non-hydrogen) atoms. The van der Waals surface area contributed by atoms with Crippen molar-refractivity contribution < 1.29 is 0 Å². The molecule has 1 aliphatic carbocycles. The van der Waals surface area contributed by atoms with E-state index in [-0.39, 0.29) is 5.41 Å². The summed E-state index contributed by atoms with van der Waals surface area (Å²) in [6.45, 7) is 3.34. The van der Waals surface area contributed by atoms with Crippen molar-refractivity contribution in [1.82, 2.24) is 9.55 Å². The molecule has 1 aromatic heterocycles. The molecule has 1 saturated carbocycles. The van der Waals surface area contributed by atoms with Gasteiger partial charge in [-0.1, -0.05) is 30.7 Å². The summed E-state index contributed by atoms with van der Waals surface area (Å²) < 4.78 is 2.19. The van der Waals surface area contributed by atoms with Gasteiger partial charge in [-0.3, -0.25) is 0 Å². The maximum absolute atomic E-state index is 6.33. The van der Waals surface area contributed by atoms with Crippen LogP contribution in [0.4, 0.5) is 0 Å². The Bertz CT molecular complexity index is 594. The van der Waals surface area contributed by atoms with E-state index >= 15 is 0 Å². The van der Waals surface area contributed by atoms with Crippen molar-refractivity contribution in [3.63, 3.8) is 0 Å². The Labute approximate surface area is 142 Å². The van der Waals surface area contributed by atoms with Crippen molar-refractivity contribution in [1.29, 1.82) is 0 Å². The minimum Gasteiger partial charge on any atom is -0.337 e. The molecule has 1 aliphatic rings. The Balaban J connectivity index is 1.78. The Morgan fingerprint density at radius 3 is 2.73 bits per heavy atom. The van der Waals surface area contributed by atoms with Crippen LogP contribution in [0.1, 0.15) is 25.3 Å². The Hall–Kier alpha value is -0.990. The van der Waals surface area contributed by atoms with E-state index < -0.39 is 0 Å². The SMILES string of the molecule is CC1(CCl)CCC(Cc2ccc(Cl)cc2)C1Cn1ccnc1. The third-order valence-corrected chi connectivity index (χ3v) is 6.10. The van der Waals surface area contributed by atoms with Crippen LogP contribution in [0.3, 0.4) is 0 Å². The van der Waals surface area contributed by atoms with Gasteiger partial charge in [0.25, 0.3) is 0 Å².